The van der Waals surface area contributed by atoms with E-state index >= 15 is 0 Å². The third-order valence-corrected chi connectivity index (χ3v) is 4.15. The molecule has 0 fully saturated rings. The molecule has 0 spiro atoms. The second kappa shape index (κ2) is 7.06. The molecule has 0 saturated heterocycles. The van der Waals surface area contributed by atoms with Crippen LogP contribution in [0.25, 0.3) is 0 Å². The maximum absolute atomic E-state index is 12.2. The summed E-state index contributed by atoms with van der Waals surface area (Å²) in [5.41, 5.74) is 1.96. The Morgan fingerprint density at radius 1 is 0.917 bits per heavy atom. The summed E-state index contributed by atoms with van der Waals surface area (Å²) in [4.78, 5) is 29.1. The van der Waals surface area contributed by atoms with Crippen LogP contribution < -0.4 is 10.6 Å². The summed E-state index contributed by atoms with van der Waals surface area (Å²) in [6.07, 6.45) is 0. The van der Waals surface area contributed by atoms with Crippen LogP contribution in [0.3, 0.4) is 0 Å². The van der Waals surface area contributed by atoms with Crippen molar-refractivity contribution < 1.29 is 9.59 Å². The molecule has 0 bridgehead atoms. The van der Waals surface area contributed by atoms with Crippen LogP contribution in [-0.4, -0.2) is 16.8 Å². The van der Waals surface area contributed by atoms with Crippen molar-refractivity contribution in [2.75, 3.05) is 10.6 Å². The smallest absolute Gasteiger partial charge is 0.265 e. The molecule has 2 N–H and O–H groups in total. The number of nitrogens with one attached hydrogen (secondary N) is 2. The minimum atomic E-state index is -0.246. The summed E-state index contributed by atoms with van der Waals surface area (Å²) in [7, 11) is 0. The summed E-state index contributed by atoms with van der Waals surface area (Å²) in [6, 6.07) is 15.7. The maximum atomic E-state index is 12.2. The molecule has 2 heterocycles. The Morgan fingerprint density at radius 2 is 1.71 bits per heavy atom. The number of benzene rings is 1. The average Bonchev–Trinajstić information content (AvgIpc) is 3.10. The molecule has 0 unspecified atom stereocenters. The third kappa shape index (κ3) is 3.85. The minimum Gasteiger partial charge on any atom is -0.321 e. The predicted molar refractivity (Wildman–Crippen MR) is 95.6 cm³/mol. The van der Waals surface area contributed by atoms with E-state index in [4.69, 9.17) is 0 Å². The van der Waals surface area contributed by atoms with Gasteiger partial charge in [0.15, 0.2) is 0 Å². The summed E-state index contributed by atoms with van der Waals surface area (Å²) < 4.78 is 0. The first-order valence-corrected chi connectivity index (χ1v) is 8.20. The van der Waals surface area contributed by atoms with Gasteiger partial charge in [-0.3, -0.25) is 9.59 Å². The van der Waals surface area contributed by atoms with E-state index < -0.39 is 0 Å². The van der Waals surface area contributed by atoms with E-state index in [2.05, 4.69) is 15.6 Å². The van der Waals surface area contributed by atoms with Crippen LogP contribution in [0.15, 0.2) is 60.0 Å². The highest BCUT2D eigenvalue weighted by Gasteiger charge is 2.09. The number of pyridine rings is 1. The number of thiophene rings is 1. The van der Waals surface area contributed by atoms with Crippen molar-refractivity contribution in [2.45, 2.75) is 6.92 Å². The van der Waals surface area contributed by atoms with Crippen LogP contribution in [0.5, 0.6) is 0 Å². The van der Waals surface area contributed by atoms with Gasteiger partial charge in [0.25, 0.3) is 11.8 Å². The lowest BCUT2D eigenvalue weighted by molar-refractivity contribution is 0.102. The molecular formula is C18H15N3O2S. The van der Waals surface area contributed by atoms with Gasteiger partial charge in [0, 0.05) is 16.9 Å². The van der Waals surface area contributed by atoms with Crippen molar-refractivity contribution in [3.8, 4) is 0 Å². The Bertz CT molecular complexity index is 858. The van der Waals surface area contributed by atoms with E-state index in [0.29, 0.717) is 21.9 Å². The zero-order chi connectivity index (χ0) is 16.9. The minimum absolute atomic E-state index is 0.161. The predicted octanol–water partition coefficient (Wildman–Crippen LogP) is 3.96. The van der Waals surface area contributed by atoms with Crippen LogP contribution in [0.1, 0.15) is 25.7 Å². The quantitative estimate of drug-likeness (QED) is 0.757. The van der Waals surface area contributed by atoms with Gasteiger partial charge in [0.1, 0.15) is 5.82 Å². The van der Waals surface area contributed by atoms with Crippen LogP contribution in [0, 0.1) is 6.92 Å². The Morgan fingerprint density at radius 3 is 2.38 bits per heavy atom. The molecule has 2 aromatic heterocycles. The number of aromatic nitrogens is 1. The molecule has 0 aliphatic carbocycles. The number of rotatable bonds is 4. The van der Waals surface area contributed by atoms with E-state index in [1.54, 1.807) is 36.4 Å². The van der Waals surface area contributed by atoms with Crippen LogP contribution in [0.4, 0.5) is 11.5 Å². The van der Waals surface area contributed by atoms with Crippen molar-refractivity contribution in [1.82, 2.24) is 4.98 Å². The Hall–Kier alpha value is -2.99. The zero-order valence-electron chi connectivity index (χ0n) is 12.9. The van der Waals surface area contributed by atoms with Gasteiger partial charge in [0.05, 0.1) is 4.88 Å². The van der Waals surface area contributed by atoms with Crippen LogP contribution >= 0.6 is 11.3 Å². The van der Waals surface area contributed by atoms with Gasteiger partial charge in [-0.2, -0.15) is 0 Å². The molecule has 0 atom stereocenters. The summed E-state index contributed by atoms with van der Waals surface area (Å²) in [5, 5.41) is 7.39. The first-order valence-electron chi connectivity index (χ1n) is 7.32. The lowest BCUT2D eigenvalue weighted by Crippen LogP contribution is -2.14. The lowest BCUT2D eigenvalue weighted by atomic mass is 10.2. The van der Waals surface area contributed by atoms with Crippen molar-refractivity contribution in [3.63, 3.8) is 0 Å². The number of hydrogen-bond donors (Lipinski definition) is 2. The summed E-state index contributed by atoms with van der Waals surface area (Å²) in [5.74, 6) is 0.102. The van der Waals surface area contributed by atoms with Crippen molar-refractivity contribution in [1.29, 1.82) is 0 Å². The lowest BCUT2D eigenvalue weighted by Gasteiger charge is -2.07. The first kappa shape index (κ1) is 15.9. The SMILES string of the molecule is Cc1cccc(NC(=O)c2ccc(NC(=O)c3cccs3)cc2)n1. The highest BCUT2D eigenvalue weighted by Crippen LogP contribution is 2.15. The molecule has 3 aromatic rings. The number of carbonyl (C=O) groups excluding carboxylic acids is 2. The largest absolute Gasteiger partial charge is 0.321 e. The summed E-state index contributed by atoms with van der Waals surface area (Å²) >= 11 is 1.38. The number of carbonyl (C=O) groups is 2. The van der Waals surface area contributed by atoms with Gasteiger partial charge in [-0.15, -0.1) is 11.3 Å². The van der Waals surface area contributed by atoms with Gasteiger partial charge in [-0.1, -0.05) is 12.1 Å². The van der Waals surface area contributed by atoms with E-state index in [1.807, 2.05) is 30.5 Å². The summed E-state index contributed by atoms with van der Waals surface area (Å²) in [6.45, 7) is 1.86. The number of amides is 2. The molecule has 120 valence electrons. The van der Waals surface area contributed by atoms with Gasteiger partial charge in [-0.25, -0.2) is 4.98 Å². The molecule has 5 nitrogen and oxygen atoms in total. The molecular weight excluding hydrogens is 322 g/mol. The van der Waals surface area contributed by atoms with E-state index in [1.165, 1.54) is 11.3 Å². The fraction of sp³-hybridized carbons (Fsp3) is 0.0556. The van der Waals surface area contributed by atoms with Crippen LogP contribution in [0.2, 0.25) is 0 Å². The maximum Gasteiger partial charge on any atom is 0.265 e. The molecule has 3 rings (SSSR count). The van der Waals surface area contributed by atoms with Gasteiger partial charge in [0.2, 0.25) is 0 Å². The number of anilines is 2. The molecule has 0 aliphatic rings. The molecule has 0 radical (unpaired) electrons. The fourth-order valence-electron chi connectivity index (χ4n) is 2.11. The Kier molecular flexibility index (Phi) is 4.67. The van der Waals surface area contributed by atoms with Gasteiger partial charge in [-0.05, 0) is 54.8 Å². The number of hydrogen-bond acceptors (Lipinski definition) is 4. The highest BCUT2D eigenvalue weighted by molar-refractivity contribution is 7.12. The first-order chi connectivity index (χ1) is 11.6. The molecule has 0 aliphatic heterocycles. The van der Waals surface area contributed by atoms with E-state index in [9.17, 15) is 9.59 Å². The van der Waals surface area contributed by atoms with Crippen molar-refractivity contribution in [2.24, 2.45) is 0 Å². The molecule has 24 heavy (non-hydrogen) atoms. The second-order valence-electron chi connectivity index (χ2n) is 5.13. The molecule has 2 amide bonds. The van der Waals surface area contributed by atoms with Crippen molar-refractivity contribution >= 4 is 34.7 Å². The van der Waals surface area contributed by atoms with Gasteiger partial charge >= 0.3 is 0 Å². The van der Waals surface area contributed by atoms with E-state index in [0.717, 1.165) is 5.69 Å². The van der Waals surface area contributed by atoms with E-state index in [-0.39, 0.29) is 11.8 Å². The zero-order valence-corrected chi connectivity index (χ0v) is 13.8. The van der Waals surface area contributed by atoms with Crippen LogP contribution in [-0.2, 0) is 0 Å². The average molecular weight is 337 g/mol. The molecule has 6 heteroatoms. The Labute approximate surface area is 143 Å². The standard InChI is InChI=1S/C18H15N3O2S/c1-12-4-2-6-16(19-12)21-17(22)13-7-9-14(10-8-13)20-18(23)15-5-3-11-24-15/h2-11H,1H3,(H,20,23)(H,19,21,22). The second-order valence-corrected chi connectivity index (χ2v) is 6.07. The topological polar surface area (TPSA) is 71.1 Å². The number of nitrogens with zero attached hydrogens (tertiary/aromatic N) is 1. The number of aryl methyl sites for hydroxylation is 1. The molecule has 0 saturated carbocycles. The Balaban J connectivity index is 1.65. The highest BCUT2D eigenvalue weighted by atomic mass is 32.1. The monoisotopic (exact) mass is 337 g/mol. The normalized spacial score (nSPS) is 10.2. The van der Waals surface area contributed by atoms with Crippen molar-refractivity contribution in [3.05, 3.63) is 76.1 Å². The fourth-order valence-corrected chi connectivity index (χ4v) is 2.73. The molecule has 1 aromatic carbocycles. The van der Waals surface area contributed by atoms with Gasteiger partial charge < -0.3 is 10.6 Å². The third-order valence-electron chi connectivity index (χ3n) is 3.28.